The van der Waals surface area contributed by atoms with Crippen molar-refractivity contribution in [1.82, 2.24) is 0 Å². The van der Waals surface area contributed by atoms with Gasteiger partial charge in [-0.3, -0.25) is 0 Å². The lowest BCUT2D eigenvalue weighted by Gasteiger charge is -2.13. The van der Waals surface area contributed by atoms with E-state index in [2.05, 4.69) is 0 Å². The minimum absolute atomic E-state index is 0.0254. The Kier molecular flexibility index (Phi) is 6.32. The van der Waals surface area contributed by atoms with E-state index in [9.17, 15) is 5.11 Å². The molecule has 102 valence electrons. The smallest absolute Gasteiger partial charge is 0.126 e. The summed E-state index contributed by atoms with van der Waals surface area (Å²) >= 11 is 0. The van der Waals surface area contributed by atoms with Gasteiger partial charge >= 0.3 is 0 Å². The molecule has 0 bridgehead atoms. The van der Waals surface area contributed by atoms with E-state index in [1.165, 1.54) is 0 Å². The second-order valence-corrected chi connectivity index (χ2v) is 3.65. The Bertz CT molecular complexity index is 329. The highest BCUT2D eigenvalue weighted by Crippen LogP contribution is 2.28. The van der Waals surface area contributed by atoms with E-state index in [4.69, 9.17) is 19.3 Å². The minimum atomic E-state index is -0.892. The third-order valence-corrected chi connectivity index (χ3v) is 2.13. The van der Waals surface area contributed by atoms with E-state index in [0.717, 1.165) is 0 Å². The summed E-state index contributed by atoms with van der Waals surface area (Å²) in [6, 6.07) is 5.22. The number of ether oxygens (including phenoxy) is 3. The van der Waals surface area contributed by atoms with E-state index in [0.29, 0.717) is 30.5 Å². The fourth-order valence-electron chi connectivity index (χ4n) is 1.37. The molecule has 1 atom stereocenters. The minimum Gasteiger partial charge on any atom is -0.494 e. The zero-order chi connectivity index (χ0) is 13.4. The van der Waals surface area contributed by atoms with Gasteiger partial charge in [-0.2, -0.15) is 0 Å². The average Bonchev–Trinajstić information content (AvgIpc) is 2.36. The van der Waals surface area contributed by atoms with Crippen LogP contribution >= 0.6 is 0 Å². The molecule has 18 heavy (non-hydrogen) atoms. The van der Waals surface area contributed by atoms with Crippen LogP contribution in [-0.2, 0) is 0 Å². The van der Waals surface area contributed by atoms with E-state index < -0.39 is 6.10 Å². The monoisotopic (exact) mass is 256 g/mol. The summed E-state index contributed by atoms with van der Waals surface area (Å²) in [6.45, 7) is 4.58. The molecule has 1 aromatic rings. The first kappa shape index (κ1) is 14.6. The maximum atomic E-state index is 9.23. The Morgan fingerprint density at radius 2 is 1.39 bits per heavy atom. The van der Waals surface area contributed by atoms with Crippen LogP contribution in [0.15, 0.2) is 18.2 Å². The Hall–Kier alpha value is -1.46. The van der Waals surface area contributed by atoms with Gasteiger partial charge in [-0.15, -0.1) is 0 Å². The van der Waals surface area contributed by atoms with Gasteiger partial charge in [-0.1, -0.05) is 0 Å². The molecular formula is C13H20O5. The summed E-state index contributed by atoms with van der Waals surface area (Å²) < 4.78 is 16.2. The molecule has 0 spiro atoms. The Balaban J connectivity index is 2.75. The zero-order valence-corrected chi connectivity index (χ0v) is 10.8. The molecule has 5 nitrogen and oxygen atoms in total. The van der Waals surface area contributed by atoms with E-state index in [1.54, 1.807) is 18.2 Å². The maximum Gasteiger partial charge on any atom is 0.126 e. The lowest BCUT2D eigenvalue weighted by atomic mass is 10.3. The molecule has 0 aliphatic rings. The highest BCUT2D eigenvalue weighted by Gasteiger charge is 2.07. The van der Waals surface area contributed by atoms with E-state index in [1.807, 2.05) is 13.8 Å². The number of hydrogen-bond acceptors (Lipinski definition) is 5. The predicted octanol–water partition coefficient (Wildman–Crippen LogP) is 1.22. The van der Waals surface area contributed by atoms with Gasteiger partial charge < -0.3 is 24.4 Å². The maximum absolute atomic E-state index is 9.23. The molecular weight excluding hydrogens is 236 g/mol. The van der Waals surface area contributed by atoms with Crippen LogP contribution in [0.25, 0.3) is 0 Å². The number of aliphatic hydroxyl groups excluding tert-OH is 2. The second-order valence-electron chi connectivity index (χ2n) is 3.65. The van der Waals surface area contributed by atoms with Gasteiger partial charge in [0.25, 0.3) is 0 Å². The van der Waals surface area contributed by atoms with Gasteiger partial charge in [0.2, 0.25) is 0 Å². The number of benzene rings is 1. The van der Waals surface area contributed by atoms with Crippen LogP contribution in [0.4, 0.5) is 0 Å². The summed E-state index contributed by atoms with van der Waals surface area (Å²) in [5, 5.41) is 17.9. The molecule has 0 aliphatic carbocycles. The van der Waals surface area contributed by atoms with Gasteiger partial charge in [-0.05, 0) is 13.8 Å². The summed E-state index contributed by atoms with van der Waals surface area (Å²) in [7, 11) is 0. The van der Waals surface area contributed by atoms with Crippen molar-refractivity contribution in [3.05, 3.63) is 18.2 Å². The summed E-state index contributed by atoms with van der Waals surface area (Å²) in [6.07, 6.45) is -0.892. The molecule has 0 saturated heterocycles. The lowest BCUT2D eigenvalue weighted by Crippen LogP contribution is -2.21. The quantitative estimate of drug-likeness (QED) is 0.732. The molecule has 0 amide bonds. The highest BCUT2D eigenvalue weighted by molar-refractivity contribution is 5.42. The Morgan fingerprint density at radius 1 is 0.944 bits per heavy atom. The first-order chi connectivity index (χ1) is 8.69. The second kappa shape index (κ2) is 7.79. The van der Waals surface area contributed by atoms with Gasteiger partial charge in [0.1, 0.15) is 30.0 Å². The standard InChI is InChI=1S/C13H20O5/c1-3-16-11-5-12(17-4-2)7-13(6-11)18-9-10(15)8-14/h5-7,10,14-15H,3-4,8-9H2,1-2H3. The molecule has 0 aromatic heterocycles. The van der Waals surface area contributed by atoms with Crippen molar-refractivity contribution in [3.63, 3.8) is 0 Å². The molecule has 0 radical (unpaired) electrons. The molecule has 0 heterocycles. The van der Waals surface area contributed by atoms with Crippen LogP contribution in [0.5, 0.6) is 17.2 Å². The number of hydrogen-bond donors (Lipinski definition) is 2. The molecule has 5 heteroatoms. The van der Waals surface area contributed by atoms with Crippen molar-refractivity contribution in [2.75, 3.05) is 26.4 Å². The topological polar surface area (TPSA) is 68.2 Å². The molecule has 0 saturated carbocycles. The van der Waals surface area contributed by atoms with Crippen LogP contribution in [0.2, 0.25) is 0 Å². The van der Waals surface area contributed by atoms with Crippen molar-refractivity contribution >= 4 is 0 Å². The summed E-state index contributed by atoms with van der Waals surface area (Å²) in [4.78, 5) is 0. The molecule has 2 N–H and O–H groups in total. The van der Waals surface area contributed by atoms with Crippen molar-refractivity contribution in [2.24, 2.45) is 0 Å². The van der Waals surface area contributed by atoms with Crippen LogP contribution in [0, 0.1) is 0 Å². The van der Waals surface area contributed by atoms with Crippen LogP contribution in [0.3, 0.4) is 0 Å². The third kappa shape index (κ3) is 4.81. The van der Waals surface area contributed by atoms with Gasteiger partial charge in [0, 0.05) is 18.2 Å². The van der Waals surface area contributed by atoms with Crippen LogP contribution in [0.1, 0.15) is 13.8 Å². The van der Waals surface area contributed by atoms with Gasteiger partial charge in [0.15, 0.2) is 0 Å². The third-order valence-electron chi connectivity index (χ3n) is 2.13. The normalized spacial score (nSPS) is 12.0. The molecule has 0 fully saturated rings. The Labute approximate surface area is 107 Å². The fourth-order valence-corrected chi connectivity index (χ4v) is 1.37. The number of aliphatic hydroxyl groups is 2. The SMILES string of the molecule is CCOc1cc(OCC)cc(OCC(O)CO)c1. The number of rotatable bonds is 8. The van der Waals surface area contributed by atoms with Gasteiger partial charge in [0.05, 0.1) is 19.8 Å². The zero-order valence-electron chi connectivity index (χ0n) is 10.8. The van der Waals surface area contributed by atoms with E-state index in [-0.39, 0.29) is 13.2 Å². The first-order valence-electron chi connectivity index (χ1n) is 6.02. The molecule has 0 aliphatic heterocycles. The van der Waals surface area contributed by atoms with E-state index >= 15 is 0 Å². The van der Waals surface area contributed by atoms with Crippen molar-refractivity contribution in [1.29, 1.82) is 0 Å². The average molecular weight is 256 g/mol. The van der Waals surface area contributed by atoms with Gasteiger partial charge in [-0.25, -0.2) is 0 Å². The molecule has 1 aromatic carbocycles. The summed E-state index contributed by atoms with van der Waals surface area (Å²) in [5.74, 6) is 1.84. The summed E-state index contributed by atoms with van der Waals surface area (Å²) in [5.41, 5.74) is 0. The van der Waals surface area contributed by atoms with Crippen molar-refractivity contribution < 1.29 is 24.4 Å². The van der Waals surface area contributed by atoms with Crippen LogP contribution < -0.4 is 14.2 Å². The van der Waals surface area contributed by atoms with Crippen molar-refractivity contribution in [2.45, 2.75) is 20.0 Å². The van der Waals surface area contributed by atoms with Crippen molar-refractivity contribution in [3.8, 4) is 17.2 Å². The highest BCUT2D eigenvalue weighted by atomic mass is 16.5. The largest absolute Gasteiger partial charge is 0.494 e. The molecule has 1 unspecified atom stereocenters. The Morgan fingerprint density at radius 3 is 1.78 bits per heavy atom. The van der Waals surface area contributed by atoms with Crippen LogP contribution in [-0.4, -0.2) is 42.7 Å². The fraction of sp³-hybridized carbons (Fsp3) is 0.538. The lowest BCUT2D eigenvalue weighted by molar-refractivity contribution is 0.0534. The first-order valence-corrected chi connectivity index (χ1v) is 6.02. The predicted molar refractivity (Wildman–Crippen MR) is 67.4 cm³/mol. The molecule has 1 rings (SSSR count).